The Hall–Kier alpha value is -1.34. The molecule has 1 aliphatic rings. The van der Waals surface area contributed by atoms with Crippen molar-refractivity contribution in [2.24, 2.45) is 0 Å². The molecule has 0 aromatic heterocycles. The van der Waals surface area contributed by atoms with Crippen LogP contribution in [0.15, 0.2) is 0 Å². The molecular weight excluding hydrogens is 390 g/mol. The first kappa shape index (κ1) is 27.7. The molecule has 1 aliphatic heterocycles. The van der Waals surface area contributed by atoms with Crippen LogP contribution in [-0.2, 0) is 14.3 Å². The van der Waals surface area contributed by atoms with E-state index in [1.165, 1.54) is 0 Å². The number of hydrogen-bond acceptors (Lipinski definition) is 9. The van der Waals surface area contributed by atoms with Crippen LogP contribution < -0.4 is 0 Å². The Bertz CT molecular complexity index is 460. The van der Waals surface area contributed by atoms with Gasteiger partial charge in [0.25, 0.3) is 0 Å². The molecule has 0 unspecified atom stereocenters. The third kappa shape index (κ3) is 10.3. The molecule has 11 nitrogen and oxygen atoms in total. The van der Waals surface area contributed by atoms with E-state index in [2.05, 4.69) is 4.90 Å². The fourth-order valence-corrected chi connectivity index (χ4v) is 2.83. The molecule has 0 radical (unpaired) electrons. The van der Waals surface area contributed by atoms with Crippen molar-refractivity contribution in [2.75, 3.05) is 26.3 Å². The van der Waals surface area contributed by atoms with Gasteiger partial charge in [-0.3, -0.25) is 4.90 Å². The van der Waals surface area contributed by atoms with Crippen LogP contribution in [0.2, 0.25) is 0 Å². The van der Waals surface area contributed by atoms with Gasteiger partial charge in [0.1, 0.15) is 6.10 Å². The third-order valence-electron chi connectivity index (χ3n) is 4.73. The summed E-state index contributed by atoms with van der Waals surface area (Å²) >= 11 is 0. The van der Waals surface area contributed by atoms with E-state index in [4.69, 9.17) is 25.2 Å². The van der Waals surface area contributed by atoms with E-state index in [1.807, 2.05) is 13.8 Å². The molecule has 0 saturated carbocycles. The summed E-state index contributed by atoms with van der Waals surface area (Å²) in [5.41, 5.74) is 0. The summed E-state index contributed by atoms with van der Waals surface area (Å²) < 4.78 is 5.28. The average molecular weight is 425 g/mol. The van der Waals surface area contributed by atoms with Crippen molar-refractivity contribution in [1.82, 2.24) is 4.90 Å². The average Bonchev–Trinajstić information content (AvgIpc) is 2.68. The Balaban J connectivity index is 0.000000665. The number of ether oxygens (including phenoxy) is 1. The lowest BCUT2D eigenvalue weighted by Gasteiger charge is -2.42. The van der Waals surface area contributed by atoms with Crippen molar-refractivity contribution in [3.63, 3.8) is 0 Å². The maximum atomic E-state index is 9.82. The van der Waals surface area contributed by atoms with Crippen LogP contribution in [0.3, 0.4) is 0 Å². The molecule has 1 saturated heterocycles. The minimum atomic E-state index is -2.27. The molecule has 1 fully saturated rings. The first-order chi connectivity index (χ1) is 13.5. The van der Waals surface area contributed by atoms with Crippen LogP contribution >= 0.6 is 0 Å². The number of carbonyl (C=O) groups is 2. The molecule has 1 heterocycles. The van der Waals surface area contributed by atoms with Gasteiger partial charge >= 0.3 is 11.9 Å². The Morgan fingerprint density at radius 3 is 1.97 bits per heavy atom. The van der Waals surface area contributed by atoms with Crippen molar-refractivity contribution in [1.29, 1.82) is 0 Å². The number of hydrogen-bond donors (Lipinski definition) is 7. The zero-order valence-electron chi connectivity index (χ0n) is 16.9. The Morgan fingerprint density at radius 2 is 1.48 bits per heavy atom. The number of rotatable bonds is 11. The van der Waals surface area contributed by atoms with Gasteiger partial charge < -0.3 is 40.5 Å². The number of unbranched alkanes of at least 4 members (excludes halogenated alkanes) is 3. The predicted octanol–water partition coefficient (Wildman–Crippen LogP) is -1.75. The number of aliphatic carboxylic acids is 2. The first-order valence-electron chi connectivity index (χ1n) is 9.72. The molecule has 0 aromatic rings. The van der Waals surface area contributed by atoms with Crippen LogP contribution in [0.1, 0.15) is 39.5 Å². The fraction of sp³-hybridized carbons (Fsp3) is 0.889. The van der Waals surface area contributed by atoms with E-state index in [-0.39, 0.29) is 6.04 Å². The maximum Gasteiger partial charge on any atom is 0.335 e. The van der Waals surface area contributed by atoms with Gasteiger partial charge in [-0.15, -0.1) is 0 Å². The highest BCUT2D eigenvalue weighted by Gasteiger charge is 2.38. The number of β-amino-alcohol motifs (C(OH)–C–C–N with tert-alkyl or cyclic N) is 1. The quantitative estimate of drug-likeness (QED) is 0.186. The van der Waals surface area contributed by atoms with Crippen LogP contribution in [0.4, 0.5) is 0 Å². The van der Waals surface area contributed by atoms with Crippen molar-refractivity contribution < 1.29 is 50.1 Å². The summed E-state index contributed by atoms with van der Waals surface area (Å²) in [6.45, 7) is 6.82. The van der Waals surface area contributed by atoms with Gasteiger partial charge in [0.15, 0.2) is 12.2 Å². The normalized spacial score (nSPS) is 26.9. The third-order valence-corrected chi connectivity index (χ3v) is 4.73. The summed E-state index contributed by atoms with van der Waals surface area (Å²) in [6, 6.07) is -0.0955. The van der Waals surface area contributed by atoms with Gasteiger partial charge in [0, 0.05) is 25.8 Å². The molecule has 0 amide bonds. The zero-order valence-corrected chi connectivity index (χ0v) is 16.9. The number of aliphatic hydroxyl groups is 5. The topological polar surface area (TPSA) is 188 Å². The van der Waals surface area contributed by atoms with Crippen molar-refractivity contribution >= 4 is 11.9 Å². The highest BCUT2D eigenvalue weighted by molar-refractivity contribution is 5.83. The number of carboxylic acids is 2. The second kappa shape index (κ2) is 14.6. The molecule has 0 spiro atoms. The molecule has 1 rings (SSSR count). The standard InChI is InChI=1S/C14H29NO4.C4H6O6/c1-3-19-9-7-5-4-6-8-15-10-12(16)14(18)13(17)11(15)2;5-1(3(7)8)2(6)4(9)10/h11-14,16-18H,3-10H2,1-2H3;1-2,5-6H,(H,7,8)(H,9,10)/t11-,12+,13+,14-;1-,2-/m11/s1. The number of carboxylic acid groups (broad SMARTS) is 2. The predicted molar refractivity (Wildman–Crippen MR) is 101 cm³/mol. The molecule has 0 aliphatic carbocycles. The minimum absolute atomic E-state index is 0.0955. The van der Waals surface area contributed by atoms with Gasteiger partial charge in [-0.05, 0) is 33.2 Å². The number of aliphatic hydroxyl groups excluding tert-OH is 5. The smallest absolute Gasteiger partial charge is 0.335 e. The second-order valence-corrected chi connectivity index (χ2v) is 6.96. The van der Waals surface area contributed by atoms with E-state index in [0.29, 0.717) is 6.54 Å². The maximum absolute atomic E-state index is 9.82. The molecule has 0 bridgehead atoms. The van der Waals surface area contributed by atoms with Gasteiger partial charge in [-0.1, -0.05) is 12.8 Å². The van der Waals surface area contributed by atoms with E-state index < -0.39 is 42.5 Å². The lowest BCUT2D eigenvalue weighted by Crippen LogP contribution is -2.60. The summed E-state index contributed by atoms with van der Waals surface area (Å²) in [5, 5.41) is 61.6. The van der Waals surface area contributed by atoms with Gasteiger partial charge in [-0.2, -0.15) is 0 Å². The minimum Gasteiger partial charge on any atom is -0.479 e. The molecule has 11 heteroatoms. The summed E-state index contributed by atoms with van der Waals surface area (Å²) in [5.74, 6) is -3.54. The molecule has 6 atom stereocenters. The lowest BCUT2D eigenvalue weighted by atomic mass is 9.94. The molecule has 29 heavy (non-hydrogen) atoms. The largest absolute Gasteiger partial charge is 0.479 e. The van der Waals surface area contributed by atoms with Crippen molar-refractivity contribution in [3.8, 4) is 0 Å². The molecule has 172 valence electrons. The zero-order chi connectivity index (χ0) is 22.6. The van der Waals surface area contributed by atoms with E-state index in [0.717, 1.165) is 45.4 Å². The van der Waals surface area contributed by atoms with Gasteiger partial charge in [0.05, 0.1) is 12.2 Å². The SMILES string of the molecule is CCOCCCCCCN1C[C@H](O)[C@@H](O)[C@@H](O)[C@H]1C.O=C(O)[C@H](O)[C@@H](O)C(=O)O. The lowest BCUT2D eigenvalue weighted by molar-refractivity contribution is -0.165. The highest BCUT2D eigenvalue weighted by Crippen LogP contribution is 2.19. The van der Waals surface area contributed by atoms with Crippen LogP contribution in [0, 0.1) is 0 Å². The van der Waals surface area contributed by atoms with Crippen molar-refractivity contribution in [2.45, 2.75) is 76.1 Å². The van der Waals surface area contributed by atoms with E-state index >= 15 is 0 Å². The Morgan fingerprint density at radius 1 is 0.966 bits per heavy atom. The summed E-state index contributed by atoms with van der Waals surface area (Å²) in [7, 11) is 0. The second-order valence-electron chi connectivity index (χ2n) is 6.96. The van der Waals surface area contributed by atoms with E-state index in [1.54, 1.807) is 0 Å². The first-order valence-corrected chi connectivity index (χ1v) is 9.72. The Kier molecular flexibility index (Phi) is 13.9. The number of likely N-dealkylation sites (tertiary alicyclic amines) is 1. The Labute approximate surface area is 170 Å². The van der Waals surface area contributed by atoms with Crippen LogP contribution in [-0.4, -0.2) is 115 Å². The summed E-state index contributed by atoms with van der Waals surface area (Å²) in [4.78, 5) is 21.6. The summed E-state index contributed by atoms with van der Waals surface area (Å²) in [6.07, 6.45) is -2.83. The highest BCUT2D eigenvalue weighted by atomic mass is 16.5. The van der Waals surface area contributed by atoms with Crippen LogP contribution in [0.25, 0.3) is 0 Å². The van der Waals surface area contributed by atoms with E-state index in [9.17, 15) is 24.9 Å². The molecule has 0 aromatic carbocycles. The number of piperidine rings is 1. The fourth-order valence-electron chi connectivity index (χ4n) is 2.83. The van der Waals surface area contributed by atoms with Gasteiger partial charge in [-0.25, -0.2) is 9.59 Å². The van der Waals surface area contributed by atoms with Crippen LogP contribution in [0.5, 0.6) is 0 Å². The van der Waals surface area contributed by atoms with Crippen molar-refractivity contribution in [3.05, 3.63) is 0 Å². The van der Waals surface area contributed by atoms with Gasteiger partial charge in [0.2, 0.25) is 0 Å². The molecular formula is C18H35NO10. The number of nitrogens with zero attached hydrogens (tertiary/aromatic N) is 1. The monoisotopic (exact) mass is 425 g/mol. The molecule has 7 N–H and O–H groups in total.